The fourth-order valence-corrected chi connectivity index (χ4v) is 2.33. The van der Waals surface area contributed by atoms with Gasteiger partial charge in [0.05, 0.1) is 17.7 Å². The summed E-state index contributed by atoms with van der Waals surface area (Å²) >= 11 is 0. The first-order valence-electron chi connectivity index (χ1n) is 8.43. The smallest absolute Gasteiger partial charge is 0.416 e. The molecule has 0 bridgehead atoms. The number of nitrogens with two attached hydrogens (primary N) is 1. The molecule has 0 fully saturated rings. The predicted molar refractivity (Wildman–Crippen MR) is 87.9 cm³/mol. The second kappa shape index (κ2) is 10.7. The fraction of sp³-hybridized carbons (Fsp3) is 0.556. The predicted octanol–water partition coefficient (Wildman–Crippen LogP) is 4.47. The van der Waals surface area contributed by atoms with E-state index in [9.17, 15) is 22.8 Å². The number of primary amides is 1. The van der Waals surface area contributed by atoms with Gasteiger partial charge in [-0.15, -0.1) is 0 Å². The van der Waals surface area contributed by atoms with Gasteiger partial charge >= 0.3 is 12.1 Å². The molecule has 25 heavy (non-hydrogen) atoms. The van der Waals surface area contributed by atoms with Gasteiger partial charge in [-0.05, 0) is 37.1 Å². The Balaban J connectivity index is 2.10. The molecule has 0 aliphatic carbocycles. The number of rotatable bonds is 11. The molecule has 0 heterocycles. The Bertz CT molecular complexity index is 541. The SMILES string of the molecule is NC(=O)CCCCCCCCCOC(=O)c1ccc(C(F)(F)F)cc1. The maximum Gasteiger partial charge on any atom is 0.416 e. The third-order valence-corrected chi connectivity index (χ3v) is 3.75. The summed E-state index contributed by atoms with van der Waals surface area (Å²) in [6.45, 7) is 0.252. The van der Waals surface area contributed by atoms with Crippen LogP contribution >= 0.6 is 0 Å². The van der Waals surface area contributed by atoms with Crippen molar-refractivity contribution in [2.75, 3.05) is 6.61 Å². The maximum atomic E-state index is 12.4. The lowest BCUT2D eigenvalue weighted by molar-refractivity contribution is -0.137. The van der Waals surface area contributed by atoms with Crippen LogP contribution in [0.15, 0.2) is 24.3 Å². The Labute approximate surface area is 145 Å². The number of carbonyl (C=O) groups excluding carboxylic acids is 2. The summed E-state index contributed by atoms with van der Waals surface area (Å²) in [7, 11) is 0. The van der Waals surface area contributed by atoms with E-state index in [2.05, 4.69) is 0 Å². The molecule has 1 aromatic rings. The number of carbonyl (C=O) groups is 2. The van der Waals surface area contributed by atoms with Crippen LogP contribution in [0.4, 0.5) is 13.2 Å². The number of unbranched alkanes of at least 4 members (excludes halogenated alkanes) is 6. The highest BCUT2D eigenvalue weighted by atomic mass is 19.4. The lowest BCUT2D eigenvalue weighted by Crippen LogP contribution is -2.09. The number of halogens is 3. The van der Waals surface area contributed by atoms with E-state index in [1.807, 2.05) is 0 Å². The average Bonchev–Trinajstić information content (AvgIpc) is 2.55. The quantitative estimate of drug-likeness (QED) is 0.468. The van der Waals surface area contributed by atoms with Gasteiger partial charge in [-0.2, -0.15) is 13.2 Å². The van der Waals surface area contributed by atoms with E-state index >= 15 is 0 Å². The first-order valence-corrected chi connectivity index (χ1v) is 8.43. The van der Waals surface area contributed by atoms with Gasteiger partial charge in [-0.3, -0.25) is 4.79 Å². The summed E-state index contributed by atoms with van der Waals surface area (Å²) in [5.74, 6) is -0.880. The third-order valence-electron chi connectivity index (χ3n) is 3.75. The molecule has 140 valence electrons. The molecule has 7 heteroatoms. The van der Waals surface area contributed by atoms with E-state index < -0.39 is 17.7 Å². The number of esters is 1. The lowest BCUT2D eigenvalue weighted by Gasteiger charge is -2.08. The monoisotopic (exact) mass is 359 g/mol. The van der Waals surface area contributed by atoms with Crippen LogP contribution in [0.3, 0.4) is 0 Å². The van der Waals surface area contributed by atoms with Crippen molar-refractivity contribution in [1.29, 1.82) is 0 Å². The van der Waals surface area contributed by atoms with E-state index in [0.29, 0.717) is 12.8 Å². The zero-order chi connectivity index (χ0) is 18.7. The maximum absolute atomic E-state index is 12.4. The van der Waals surface area contributed by atoms with Crippen LogP contribution in [0.2, 0.25) is 0 Å². The molecule has 0 saturated carbocycles. The molecule has 0 aromatic heterocycles. The second-order valence-corrected chi connectivity index (χ2v) is 5.90. The van der Waals surface area contributed by atoms with E-state index in [-0.39, 0.29) is 18.1 Å². The molecule has 1 amide bonds. The zero-order valence-electron chi connectivity index (χ0n) is 14.1. The molecule has 0 unspecified atom stereocenters. The van der Waals surface area contributed by atoms with Crippen LogP contribution in [0, 0.1) is 0 Å². The number of amides is 1. The van der Waals surface area contributed by atoms with E-state index in [1.165, 1.54) is 0 Å². The lowest BCUT2D eigenvalue weighted by atomic mass is 10.1. The summed E-state index contributed by atoms with van der Waals surface area (Å²) in [5, 5.41) is 0. The van der Waals surface area contributed by atoms with Gasteiger partial charge in [0, 0.05) is 6.42 Å². The highest BCUT2D eigenvalue weighted by molar-refractivity contribution is 5.89. The fourth-order valence-electron chi connectivity index (χ4n) is 2.33. The van der Waals surface area contributed by atoms with Crippen molar-refractivity contribution in [1.82, 2.24) is 0 Å². The Morgan fingerprint density at radius 1 is 0.880 bits per heavy atom. The van der Waals surface area contributed by atoms with Crippen LogP contribution in [0.5, 0.6) is 0 Å². The van der Waals surface area contributed by atoms with Gasteiger partial charge in [-0.25, -0.2) is 4.79 Å². The molecule has 0 atom stereocenters. The standard InChI is InChI=1S/C18H24F3NO3/c19-18(20,21)15-11-9-14(10-12-15)17(24)25-13-7-5-3-1-2-4-6-8-16(22)23/h9-12H,1-8,13H2,(H2,22,23). The third kappa shape index (κ3) is 9.12. The van der Waals surface area contributed by atoms with Gasteiger partial charge in [0.2, 0.25) is 5.91 Å². The molecule has 0 saturated heterocycles. The Morgan fingerprint density at radius 3 is 1.92 bits per heavy atom. The van der Waals surface area contributed by atoms with Gasteiger partial charge in [0.15, 0.2) is 0 Å². The summed E-state index contributed by atoms with van der Waals surface area (Å²) in [4.78, 5) is 22.3. The molecular weight excluding hydrogens is 335 g/mol. The highest BCUT2D eigenvalue weighted by Gasteiger charge is 2.30. The van der Waals surface area contributed by atoms with E-state index in [0.717, 1.165) is 62.8 Å². The van der Waals surface area contributed by atoms with Crippen LogP contribution < -0.4 is 5.73 Å². The van der Waals surface area contributed by atoms with Crippen molar-refractivity contribution in [3.63, 3.8) is 0 Å². The summed E-state index contributed by atoms with van der Waals surface area (Å²) < 4.78 is 42.4. The van der Waals surface area contributed by atoms with E-state index in [1.54, 1.807) is 0 Å². The first kappa shape index (κ1) is 21.0. The van der Waals surface area contributed by atoms with Crippen molar-refractivity contribution in [3.05, 3.63) is 35.4 Å². The first-order chi connectivity index (χ1) is 11.8. The summed E-state index contributed by atoms with van der Waals surface area (Å²) in [6.07, 6.45) is 2.54. The Hall–Kier alpha value is -2.05. The van der Waals surface area contributed by atoms with Crippen molar-refractivity contribution in [2.24, 2.45) is 5.73 Å². The van der Waals surface area contributed by atoms with Gasteiger partial charge < -0.3 is 10.5 Å². The number of benzene rings is 1. The molecule has 0 radical (unpaired) electrons. The topological polar surface area (TPSA) is 69.4 Å². The minimum Gasteiger partial charge on any atom is -0.462 e. The van der Waals surface area contributed by atoms with Crippen LogP contribution in [0.1, 0.15) is 67.3 Å². The molecule has 4 nitrogen and oxygen atoms in total. The second-order valence-electron chi connectivity index (χ2n) is 5.90. The normalized spacial score (nSPS) is 11.3. The minimum atomic E-state index is -4.41. The Morgan fingerprint density at radius 2 is 1.40 bits per heavy atom. The molecule has 0 aliphatic rings. The van der Waals surface area contributed by atoms with Gasteiger partial charge in [-0.1, -0.05) is 32.1 Å². The summed E-state index contributed by atoms with van der Waals surface area (Å²) in [6, 6.07) is 3.98. The molecule has 1 rings (SSSR count). The molecule has 0 aliphatic heterocycles. The highest BCUT2D eigenvalue weighted by Crippen LogP contribution is 2.29. The van der Waals surface area contributed by atoms with Gasteiger partial charge in [0.1, 0.15) is 0 Å². The van der Waals surface area contributed by atoms with Crippen molar-refractivity contribution >= 4 is 11.9 Å². The Kier molecular flexibility index (Phi) is 9.02. The minimum absolute atomic E-state index is 0.113. The van der Waals surface area contributed by atoms with Crippen molar-refractivity contribution < 1.29 is 27.5 Å². The van der Waals surface area contributed by atoms with Crippen LogP contribution in [-0.4, -0.2) is 18.5 Å². The van der Waals surface area contributed by atoms with Crippen molar-refractivity contribution in [2.45, 2.75) is 57.5 Å². The van der Waals surface area contributed by atoms with Crippen LogP contribution in [0.25, 0.3) is 0 Å². The summed E-state index contributed by atoms with van der Waals surface area (Å²) in [5.41, 5.74) is 4.37. The van der Waals surface area contributed by atoms with Crippen molar-refractivity contribution in [3.8, 4) is 0 Å². The van der Waals surface area contributed by atoms with E-state index in [4.69, 9.17) is 10.5 Å². The number of hydrogen-bond acceptors (Lipinski definition) is 3. The number of alkyl halides is 3. The molecule has 2 N–H and O–H groups in total. The van der Waals surface area contributed by atoms with Crippen LogP contribution in [-0.2, 0) is 15.7 Å². The molecule has 1 aromatic carbocycles. The molecular formula is C18H24F3NO3. The average molecular weight is 359 g/mol. The molecule has 0 spiro atoms. The van der Waals surface area contributed by atoms with Gasteiger partial charge in [0.25, 0.3) is 0 Å². The zero-order valence-corrected chi connectivity index (χ0v) is 14.1. The largest absolute Gasteiger partial charge is 0.462 e. The number of hydrogen-bond donors (Lipinski definition) is 1. The number of ether oxygens (including phenoxy) is 1.